The van der Waals surface area contributed by atoms with Crippen molar-refractivity contribution in [1.82, 2.24) is 0 Å². The summed E-state index contributed by atoms with van der Waals surface area (Å²) in [5.41, 5.74) is -1.39. The van der Waals surface area contributed by atoms with Gasteiger partial charge >= 0.3 is 5.97 Å². The molecule has 0 saturated carbocycles. The second-order valence-electron chi connectivity index (χ2n) is 4.81. The van der Waals surface area contributed by atoms with Gasteiger partial charge in [0, 0.05) is 5.41 Å². The Balaban J connectivity index is 4.61. The number of carboxylic acids is 1. The van der Waals surface area contributed by atoms with Crippen molar-refractivity contribution >= 4 is 11.8 Å². The maximum absolute atomic E-state index is 11.2. The van der Waals surface area contributed by atoms with Crippen LogP contribution >= 0.6 is 0 Å². The van der Waals surface area contributed by atoms with E-state index in [2.05, 4.69) is 0 Å². The lowest BCUT2D eigenvalue weighted by Gasteiger charge is -2.29. The van der Waals surface area contributed by atoms with Gasteiger partial charge in [0.25, 0.3) is 0 Å². The SMILES string of the molecule is CC(=O)C(C)(C)CC(C)(C)C(=O)O. The lowest BCUT2D eigenvalue weighted by molar-refractivity contribution is -0.149. The zero-order chi connectivity index (χ0) is 10.9. The summed E-state index contributed by atoms with van der Waals surface area (Å²) in [4.78, 5) is 22.0. The van der Waals surface area contributed by atoms with E-state index < -0.39 is 16.8 Å². The zero-order valence-corrected chi connectivity index (χ0v) is 8.97. The number of ketones is 1. The van der Waals surface area contributed by atoms with Crippen LogP contribution in [0.25, 0.3) is 0 Å². The molecule has 0 aromatic heterocycles. The lowest BCUT2D eigenvalue weighted by Crippen LogP contribution is -2.34. The lowest BCUT2D eigenvalue weighted by atomic mass is 9.73. The highest BCUT2D eigenvalue weighted by Crippen LogP contribution is 2.34. The number of hydrogen-bond donors (Lipinski definition) is 1. The molecule has 0 aliphatic rings. The van der Waals surface area contributed by atoms with Crippen LogP contribution in [0.4, 0.5) is 0 Å². The summed E-state index contributed by atoms with van der Waals surface area (Å²) in [5.74, 6) is -0.830. The van der Waals surface area contributed by atoms with Gasteiger partial charge in [-0.05, 0) is 27.2 Å². The Morgan fingerprint density at radius 2 is 1.46 bits per heavy atom. The van der Waals surface area contributed by atoms with E-state index in [-0.39, 0.29) is 5.78 Å². The molecule has 0 aromatic rings. The predicted octanol–water partition coefficient (Wildman–Crippen LogP) is 2.10. The van der Waals surface area contributed by atoms with Crippen LogP contribution in [-0.4, -0.2) is 16.9 Å². The van der Waals surface area contributed by atoms with Crippen molar-refractivity contribution in [3.05, 3.63) is 0 Å². The molecule has 0 heterocycles. The molecule has 3 nitrogen and oxygen atoms in total. The first-order chi connectivity index (χ1) is 5.59. The topological polar surface area (TPSA) is 54.4 Å². The molecule has 13 heavy (non-hydrogen) atoms. The van der Waals surface area contributed by atoms with Gasteiger partial charge < -0.3 is 5.11 Å². The maximum Gasteiger partial charge on any atom is 0.309 e. The van der Waals surface area contributed by atoms with Gasteiger partial charge in [0.2, 0.25) is 0 Å². The fraction of sp³-hybridized carbons (Fsp3) is 0.800. The van der Waals surface area contributed by atoms with Crippen LogP contribution < -0.4 is 0 Å². The Labute approximate surface area is 79.1 Å². The maximum atomic E-state index is 11.2. The minimum Gasteiger partial charge on any atom is -0.481 e. The summed E-state index contributed by atoms with van der Waals surface area (Å²) in [5, 5.41) is 8.88. The first-order valence-corrected chi connectivity index (χ1v) is 4.34. The van der Waals surface area contributed by atoms with E-state index in [9.17, 15) is 9.59 Å². The molecule has 0 amide bonds. The van der Waals surface area contributed by atoms with Crippen molar-refractivity contribution in [2.24, 2.45) is 10.8 Å². The van der Waals surface area contributed by atoms with Crippen LogP contribution in [0.1, 0.15) is 41.0 Å². The molecule has 0 fully saturated rings. The highest BCUT2D eigenvalue weighted by molar-refractivity contribution is 5.83. The summed E-state index contributed by atoms with van der Waals surface area (Å²) in [6.45, 7) is 8.33. The van der Waals surface area contributed by atoms with E-state index in [0.29, 0.717) is 6.42 Å². The van der Waals surface area contributed by atoms with Gasteiger partial charge in [-0.1, -0.05) is 13.8 Å². The highest BCUT2D eigenvalue weighted by Gasteiger charge is 2.36. The minimum absolute atomic E-state index is 0.0295. The molecule has 1 N–H and O–H groups in total. The second-order valence-corrected chi connectivity index (χ2v) is 4.81. The van der Waals surface area contributed by atoms with Crippen LogP contribution in [0.5, 0.6) is 0 Å². The number of carbonyl (C=O) groups excluding carboxylic acids is 1. The van der Waals surface area contributed by atoms with Crippen molar-refractivity contribution in [1.29, 1.82) is 0 Å². The minimum atomic E-state index is -0.859. The Morgan fingerprint density at radius 1 is 1.08 bits per heavy atom. The molecule has 0 radical (unpaired) electrons. The summed E-state index contributed by atoms with van der Waals surface area (Å²) < 4.78 is 0. The standard InChI is InChI=1S/C10H18O3/c1-7(11)9(2,3)6-10(4,5)8(12)13/h6H2,1-5H3,(H,12,13). The monoisotopic (exact) mass is 186 g/mol. The van der Waals surface area contributed by atoms with E-state index in [1.54, 1.807) is 27.7 Å². The summed E-state index contributed by atoms with van der Waals surface area (Å²) >= 11 is 0. The fourth-order valence-corrected chi connectivity index (χ4v) is 1.30. The number of hydrogen-bond acceptors (Lipinski definition) is 2. The van der Waals surface area contributed by atoms with E-state index >= 15 is 0 Å². The Kier molecular flexibility index (Phi) is 3.25. The molecular formula is C10H18O3. The predicted molar refractivity (Wildman–Crippen MR) is 50.5 cm³/mol. The van der Waals surface area contributed by atoms with Gasteiger partial charge in [-0.25, -0.2) is 0 Å². The molecule has 0 spiro atoms. The van der Waals surface area contributed by atoms with Crippen LogP contribution in [0, 0.1) is 10.8 Å². The van der Waals surface area contributed by atoms with E-state index in [1.807, 2.05) is 0 Å². The van der Waals surface area contributed by atoms with Crippen LogP contribution in [-0.2, 0) is 9.59 Å². The first-order valence-electron chi connectivity index (χ1n) is 4.34. The molecule has 0 aromatic carbocycles. The molecule has 0 aliphatic heterocycles. The van der Waals surface area contributed by atoms with Gasteiger partial charge in [0.15, 0.2) is 0 Å². The van der Waals surface area contributed by atoms with E-state index in [1.165, 1.54) is 6.92 Å². The third kappa shape index (κ3) is 3.17. The molecule has 76 valence electrons. The number of aliphatic carboxylic acids is 1. The third-order valence-electron chi connectivity index (χ3n) is 2.42. The fourth-order valence-electron chi connectivity index (χ4n) is 1.30. The van der Waals surface area contributed by atoms with Crippen molar-refractivity contribution < 1.29 is 14.7 Å². The summed E-state index contributed by atoms with van der Waals surface area (Å²) in [7, 11) is 0. The molecule has 0 unspecified atom stereocenters. The number of Topliss-reactive ketones (excluding diaryl/α,β-unsaturated/α-hetero) is 1. The highest BCUT2D eigenvalue weighted by atomic mass is 16.4. The largest absolute Gasteiger partial charge is 0.481 e. The third-order valence-corrected chi connectivity index (χ3v) is 2.42. The quantitative estimate of drug-likeness (QED) is 0.731. The number of rotatable bonds is 4. The van der Waals surface area contributed by atoms with E-state index in [0.717, 1.165) is 0 Å². The van der Waals surface area contributed by atoms with Crippen molar-refractivity contribution in [2.75, 3.05) is 0 Å². The Bertz CT molecular complexity index is 202. The summed E-state index contributed by atoms with van der Waals surface area (Å²) in [6.07, 6.45) is 0.366. The molecule has 3 heteroatoms. The normalized spacial score (nSPS) is 12.7. The average Bonchev–Trinajstić information content (AvgIpc) is 1.83. The van der Waals surface area contributed by atoms with Crippen LogP contribution in [0.15, 0.2) is 0 Å². The molecule has 0 atom stereocenters. The van der Waals surface area contributed by atoms with Gasteiger partial charge in [0.05, 0.1) is 5.41 Å². The molecule has 0 aliphatic carbocycles. The Hall–Kier alpha value is -0.860. The van der Waals surface area contributed by atoms with Gasteiger partial charge in [-0.3, -0.25) is 9.59 Å². The molecule has 0 saturated heterocycles. The second kappa shape index (κ2) is 3.48. The smallest absolute Gasteiger partial charge is 0.309 e. The van der Waals surface area contributed by atoms with Crippen LogP contribution in [0.3, 0.4) is 0 Å². The van der Waals surface area contributed by atoms with Crippen molar-refractivity contribution in [3.8, 4) is 0 Å². The number of carboxylic acid groups (broad SMARTS) is 1. The zero-order valence-electron chi connectivity index (χ0n) is 8.97. The number of carbonyl (C=O) groups is 2. The van der Waals surface area contributed by atoms with Crippen molar-refractivity contribution in [2.45, 2.75) is 41.0 Å². The van der Waals surface area contributed by atoms with E-state index in [4.69, 9.17) is 5.11 Å². The van der Waals surface area contributed by atoms with Gasteiger partial charge in [0.1, 0.15) is 5.78 Å². The first kappa shape index (κ1) is 12.1. The van der Waals surface area contributed by atoms with Gasteiger partial charge in [-0.15, -0.1) is 0 Å². The molecular weight excluding hydrogens is 168 g/mol. The van der Waals surface area contributed by atoms with Crippen molar-refractivity contribution in [3.63, 3.8) is 0 Å². The molecule has 0 rings (SSSR count). The summed E-state index contributed by atoms with van der Waals surface area (Å²) in [6, 6.07) is 0. The van der Waals surface area contributed by atoms with Crippen LogP contribution in [0.2, 0.25) is 0 Å². The molecule has 0 bridgehead atoms. The average molecular weight is 186 g/mol. The Morgan fingerprint density at radius 3 is 1.69 bits per heavy atom. The van der Waals surface area contributed by atoms with Gasteiger partial charge in [-0.2, -0.15) is 0 Å².